The maximum atomic E-state index is 13.2. The van der Waals surface area contributed by atoms with Crippen LogP contribution in [0.15, 0.2) is 25.3 Å². The van der Waals surface area contributed by atoms with Gasteiger partial charge in [-0.2, -0.15) is 0 Å². The van der Waals surface area contributed by atoms with Gasteiger partial charge >= 0.3 is 15.5 Å². The van der Waals surface area contributed by atoms with Crippen LogP contribution in [0.1, 0.15) is 12.5 Å². The summed E-state index contributed by atoms with van der Waals surface area (Å²) in [5, 5.41) is 27.1. The van der Waals surface area contributed by atoms with Crippen LogP contribution in [0, 0.1) is 0 Å². The van der Waals surface area contributed by atoms with E-state index in [0.717, 1.165) is 0 Å². The maximum Gasteiger partial charge on any atom is 0.403 e. The molecule has 0 bridgehead atoms. The first-order valence-corrected chi connectivity index (χ1v) is 16.1. The molecule has 3 fully saturated rings. The Hall–Kier alpha value is -3.24. The molecular weight excluding hydrogens is 630 g/mol. The minimum Gasteiger partial charge on any atom is -0.387 e. The largest absolute Gasteiger partial charge is 0.403 e. The summed E-state index contributed by atoms with van der Waals surface area (Å²) < 4.78 is 51.5. The number of nitrogens with one attached hydrogen (secondary N) is 2. The number of nitrogen functional groups attached to an aromatic ring is 2. The smallest absolute Gasteiger partial charge is 0.387 e. The highest BCUT2D eigenvalue weighted by Gasteiger charge is 2.52. The van der Waals surface area contributed by atoms with Gasteiger partial charge in [-0.3, -0.25) is 18.2 Å². The Labute approximate surface area is 245 Å². The highest BCUT2D eigenvalue weighted by molar-refractivity contribution is 7.50. The molecule has 0 amide bonds. The predicted molar refractivity (Wildman–Crippen MR) is 145 cm³/mol. The second kappa shape index (κ2) is 10.7. The molecule has 10 atom stereocenters. The van der Waals surface area contributed by atoms with E-state index in [9.17, 15) is 29.1 Å². The summed E-state index contributed by atoms with van der Waals surface area (Å²) in [6.07, 6.45) is -3.18. The van der Waals surface area contributed by atoms with Crippen LogP contribution in [0.25, 0.3) is 22.3 Å². The summed E-state index contributed by atoms with van der Waals surface area (Å²) in [5.41, 5.74) is 12.5. The predicted octanol–water partition coefficient (Wildman–Crippen LogP) is -2.49. The van der Waals surface area contributed by atoms with Crippen molar-refractivity contribution in [2.75, 3.05) is 24.7 Å². The van der Waals surface area contributed by atoms with Gasteiger partial charge in [-0.1, -0.05) is 0 Å². The van der Waals surface area contributed by atoms with Crippen molar-refractivity contribution in [2.24, 2.45) is 0 Å². The molecule has 0 aliphatic carbocycles. The highest BCUT2D eigenvalue weighted by atomic mass is 31.2. The van der Waals surface area contributed by atoms with Crippen molar-refractivity contribution in [1.82, 2.24) is 49.2 Å². The molecule has 7 heterocycles. The van der Waals surface area contributed by atoms with E-state index in [2.05, 4.69) is 40.1 Å². The van der Waals surface area contributed by atoms with Gasteiger partial charge in [0, 0.05) is 0 Å². The van der Waals surface area contributed by atoms with Crippen LogP contribution in [0.3, 0.4) is 0 Å². The van der Waals surface area contributed by atoms with Gasteiger partial charge in [0.05, 0.1) is 38.0 Å². The number of anilines is 2. The Kier molecular flexibility index (Phi) is 7.16. The quantitative estimate of drug-likeness (QED) is 0.103. The first-order chi connectivity index (χ1) is 20.9. The molecule has 22 nitrogen and oxygen atoms in total. The molecule has 3 aliphatic heterocycles. The van der Waals surface area contributed by atoms with E-state index in [1.54, 1.807) is 0 Å². The summed E-state index contributed by atoms with van der Waals surface area (Å²) >= 11 is 0. The molecule has 10 N–H and O–H groups in total. The van der Waals surface area contributed by atoms with E-state index >= 15 is 0 Å². The molecule has 7 rings (SSSR count). The zero-order valence-electron chi connectivity index (χ0n) is 22.2. The molecule has 4 unspecified atom stereocenters. The fourth-order valence-electron chi connectivity index (χ4n) is 5.46. The van der Waals surface area contributed by atoms with E-state index in [1.165, 1.54) is 34.4 Å². The number of aliphatic hydroxyl groups excluding tert-OH is 2. The minimum absolute atomic E-state index is 0.0746. The molecule has 4 aromatic rings. The van der Waals surface area contributed by atoms with Gasteiger partial charge < -0.3 is 40.9 Å². The average Bonchev–Trinajstić information content (AvgIpc) is 3.73. The SMILES string of the molecule is Nc1ncnc2c1ncn2[C@@H]1O[C@@H]2COP(=O)(O)N[C@@H]3C(O)[C@H](n4cnc5c(N)ncnc54)O[C@@H]3COP(=O)(O)N[C@@H]2C1O. The number of aliphatic hydroxyl groups is 2. The Balaban J connectivity index is 1.17. The average molecular weight is 656 g/mol. The van der Waals surface area contributed by atoms with Gasteiger partial charge in [0.2, 0.25) is 0 Å². The number of fused-ring (bicyclic) bond motifs is 4. The number of nitrogens with zero attached hydrogens (tertiary/aromatic N) is 8. The van der Waals surface area contributed by atoms with Gasteiger partial charge in [-0.25, -0.2) is 49.2 Å². The number of imidazole rings is 2. The Bertz CT molecular complexity index is 1690. The zero-order valence-corrected chi connectivity index (χ0v) is 24.0. The van der Waals surface area contributed by atoms with Gasteiger partial charge in [-0.05, 0) is 0 Å². The summed E-state index contributed by atoms with van der Waals surface area (Å²) in [5.74, 6) is 0.149. The van der Waals surface area contributed by atoms with Crippen LogP contribution in [-0.2, 0) is 27.7 Å². The number of ether oxygens (including phenoxy) is 2. The van der Waals surface area contributed by atoms with Gasteiger partial charge in [0.25, 0.3) is 0 Å². The molecule has 236 valence electrons. The second-order valence-electron chi connectivity index (χ2n) is 10.2. The third-order valence-corrected chi connectivity index (χ3v) is 9.77. The van der Waals surface area contributed by atoms with Crippen LogP contribution < -0.4 is 21.6 Å². The molecule has 24 heteroatoms. The third kappa shape index (κ3) is 5.04. The standard InChI is InChI=1S/C20H26N12O10P2/c21-15-11-17(25-3-23-15)31(5-27-11)19-13(33)9-7(41-19)1-39-43(35,36)30-10-8(2-40-44(37,38)29-9)42-20(14(10)34)32-6-28-12-16(22)24-4-26-18(12)32/h3-10,13-14,19-20,33-34H,1-2H2,(H2,21,23,25)(H2,22,24,26)(H2,29,37,38)(H2,30,35,36)/t7-,8-,9+,10+,13?,14?,19-,20-/m1/s1. The molecule has 44 heavy (non-hydrogen) atoms. The van der Waals surface area contributed by atoms with Crippen LogP contribution in [0.5, 0.6) is 0 Å². The lowest BCUT2D eigenvalue weighted by Crippen LogP contribution is -2.48. The van der Waals surface area contributed by atoms with Crippen molar-refractivity contribution in [2.45, 2.75) is 49.0 Å². The Morgan fingerprint density at radius 3 is 1.55 bits per heavy atom. The van der Waals surface area contributed by atoms with Crippen LogP contribution in [0.4, 0.5) is 11.6 Å². The summed E-state index contributed by atoms with van der Waals surface area (Å²) in [6.45, 7) is -1.31. The Morgan fingerprint density at radius 2 is 1.14 bits per heavy atom. The van der Waals surface area contributed by atoms with E-state index in [0.29, 0.717) is 0 Å². The van der Waals surface area contributed by atoms with Crippen molar-refractivity contribution in [3.05, 3.63) is 25.3 Å². The summed E-state index contributed by atoms with van der Waals surface area (Å²) in [7, 11) is -9.45. The molecular formula is C20H26N12O10P2. The van der Waals surface area contributed by atoms with Crippen molar-refractivity contribution in [1.29, 1.82) is 0 Å². The topological polar surface area (TPSA) is 315 Å². The van der Waals surface area contributed by atoms with E-state index < -0.39 is 77.7 Å². The van der Waals surface area contributed by atoms with E-state index in [1.807, 2.05) is 0 Å². The fraction of sp³-hybridized carbons (Fsp3) is 0.500. The first-order valence-electron chi connectivity index (χ1n) is 13.0. The minimum atomic E-state index is -4.73. The Morgan fingerprint density at radius 1 is 0.727 bits per heavy atom. The van der Waals surface area contributed by atoms with Crippen molar-refractivity contribution in [3.63, 3.8) is 0 Å². The number of hydrogen-bond acceptors (Lipinski definition) is 16. The normalized spacial score (nSPS) is 38.3. The zero-order chi connectivity index (χ0) is 31.0. The monoisotopic (exact) mass is 656 g/mol. The second-order valence-corrected chi connectivity index (χ2v) is 13.3. The lowest BCUT2D eigenvalue weighted by atomic mass is 10.1. The third-order valence-electron chi connectivity index (χ3n) is 7.52. The highest BCUT2D eigenvalue weighted by Crippen LogP contribution is 2.47. The van der Waals surface area contributed by atoms with Crippen LogP contribution in [0.2, 0.25) is 0 Å². The van der Waals surface area contributed by atoms with Crippen LogP contribution in [-0.4, -0.2) is 109 Å². The summed E-state index contributed by atoms with van der Waals surface area (Å²) in [6, 6.07) is -2.71. The molecule has 0 aromatic carbocycles. The lowest BCUT2D eigenvalue weighted by Gasteiger charge is -2.29. The first kappa shape index (κ1) is 29.5. The maximum absolute atomic E-state index is 13.2. The number of hydrogen-bond donors (Lipinski definition) is 8. The number of rotatable bonds is 2. The fourth-order valence-corrected chi connectivity index (χ4v) is 7.70. The van der Waals surface area contributed by atoms with Gasteiger partial charge in [0.15, 0.2) is 35.4 Å². The van der Waals surface area contributed by atoms with Crippen LogP contribution >= 0.6 is 15.5 Å². The number of aromatic nitrogens is 8. The molecule has 4 aromatic heterocycles. The van der Waals surface area contributed by atoms with Crippen molar-refractivity contribution >= 4 is 49.5 Å². The van der Waals surface area contributed by atoms with Crippen molar-refractivity contribution < 1.29 is 47.7 Å². The van der Waals surface area contributed by atoms with E-state index in [4.69, 9.17) is 30.0 Å². The van der Waals surface area contributed by atoms with Crippen molar-refractivity contribution in [3.8, 4) is 0 Å². The van der Waals surface area contributed by atoms with Gasteiger partial charge in [-0.15, -0.1) is 0 Å². The molecule has 0 saturated carbocycles. The molecule has 0 radical (unpaired) electrons. The molecule has 3 aliphatic rings. The molecule has 3 saturated heterocycles. The molecule has 0 spiro atoms. The van der Waals surface area contributed by atoms with Gasteiger partial charge in [0.1, 0.15) is 48.1 Å². The lowest BCUT2D eigenvalue weighted by molar-refractivity contribution is -0.0483. The number of nitrogens with two attached hydrogens (primary N) is 2. The summed E-state index contributed by atoms with van der Waals surface area (Å²) in [4.78, 5) is 45.7. The van der Waals surface area contributed by atoms with E-state index in [-0.39, 0.29) is 34.0 Å².